The first-order valence-corrected chi connectivity index (χ1v) is 8.74. The molecule has 0 saturated carbocycles. The van der Waals surface area contributed by atoms with Gasteiger partial charge in [0.15, 0.2) is 11.7 Å². The van der Waals surface area contributed by atoms with Gasteiger partial charge in [0, 0.05) is 24.6 Å². The van der Waals surface area contributed by atoms with E-state index >= 15 is 0 Å². The van der Waals surface area contributed by atoms with Gasteiger partial charge in [-0.1, -0.05) is 0 Å². The Labute approximate surface area is 163 Å². The molecule has 0 spiro atoms. The van der Waals surface area contributed by atoms with Crippen molar-refractivity contribution in [2.45, 2.75) is 12.8 Å². The van der Waals surface area contributed by atoms with Gasteiger partial charge < -0.3 is 23.9 Å². The molecule has 1 heterocycles. The van der Waals surface area contributed by atoms with E-state index < -0.39 is 0 Å². The van der Waals surface area contributed by atoms with E-state index in [1.807, 2.05) is 12.1 Å². The lowest BCUT2D eigenvalue weighted by Gasteiger charge is -2.08. The van der Waals surface area contributed by atoms with Crippen LogP contribution in [0.25, 0.3) is 11.3 Å². The van der Waals surface area contributed by atoms with Gasteiger partial charge in [0.05, 0.1) is 33.1 Å². The first kappa shape index (κ1) is 19.3. The predicted molar refractivity (Wildman–Crippen MR) is 105 cm³/mol. The van der Waals surface area contributed by atoms with Crippen LogP contribution < -0.4 is 19.5 Å². The maximum atomic E-state index is 12.1. The van der Waals surface area contributed by atoms with E-state index in [1.54, 1.807) is 57.9 Å². The Balaban J connectivity index is 1.60. The monoisotopic (exact) mass is 382 g/mol. The molecule has 1 aromatic heterocycles. The predicted octanol–water partition coefficient (Wildman–Crippen LogP) is 3.94. The minimum Gasteiger partial charge on any atom is -0.497 e. The van der Waals surface area contributed by atoms with Crippen molar-refractivity contribution in [2.24, 2.45) is 0 Å². The number of carbonyl (C=O) groups excluding carboxylic acids is 1. The highest BCUT2D eigenvalue weighted by atomic mass is 16.5. The number of rotatable bonds is 8. The molecule has 146 valence electrons. The van der Waals surface area contributed by atoms with Crippen molar-refractivity contribution in [2.75, 3.05) is 26.6 Å². The summed E-state index contributed by atoms with van der Waals surface area (Å²) in [6.07, 6.45) is 2.27. The van der Waals surface area contributed by atoms with Gasteiger partial charge in [-0.05, 0) is 36.4 Å². The highest BCUT2D eigenvalue weighted by Crippen LogP contribution is 2.33. The van der Waals surface area contributed by atoms with Gasteiger partial charge in [-0.2, -0.15) is 0 Å². The zero-order chi connectivity index (χ0) is 19.9. The lowest BCUT2D eigenvalue weighted by molar-refractivity contribution is -0.116. The first-order chi connectivity index (χ1) is 13.6. The van der Waals surface area contributed by atoms with Crippen molar-refractivity contribution in [3.8, 4) is 28.6 Å². The number of oxazole rings is 1. The van der Waals surface area contributed by atoms with Crippen LogP contribution in [-0.2, 0) is 11.2 Å². The van der Waals surface area contributed by atoms with E-state index in [1.165, 1.54) is 0 Å². The molecule has 28 heavy (non-hydrogen) atoms. The van der Waals surface area contributed by atoms with E-state index in [-0.39, 0.29) is 12.3 Å². The second-order valence-corrected chi connectivity index (χ2v) is 5.96. The molecular weight excluding hydrogens is 360 g/mol. The molecule has 0 aliphatic heterocycles. The molecule has 0 fully saturated rings. The summed E-state index contributed by atoms with van der Waals surface area (Å²) in [7, 11) is 4.77. The topological polar surface area (TPSA) is 82.8 Å². The second-order valence-electron chi connectivity index (χ2n) is 5.96. The Kier molecular flexibility index (Phi) is 6.16. The number of hydrogen-bond donors (Lipinski definition) is 1. The average molecular weight is 382 g/mol. The van der Waals surface area contributed by atoms with Crippen LogP contribution >= 0.6 is 0 Å². The highest BCUT2D eigenvalue weighted by molar-refractivity contribution is 5.90. The average Bonchev–Trinajstić information content (AvgIpc) is 3.21. The number of aryl methyl sites for hydroxylation is 1. The largest absolute Gasteiger partial charge is 0.497 e. The molecule has 1 N–H and O–H groups in total. The smallest absolute Gasteiger partial charge is 0.224 e. The van der Waals surface area contributed by atoms with Crippen molar-refractivity contribution in [3.63, 3.8) is 0 Å². The number of nitrogens with one attached hydrogen (secondary N) is 1. The highest BCUT2D eigenvalue weighted by Gasteiger charge is 2.14. The van der Waals surface area contributed by atoms with Gasteiger partial charge in [-0.15, -0.1) is 0 Å². The summed E-state index contributed by atoms with van der Waals surface area (Å²) in [6, 6.07) is 12.6. The standard InChI is InChI=1S/C21H22N2O5/c1-25-15-6-4-14(5-7-15)23-20(24)10-11-21-22-13-19(28-21)17-9-8-16(26-2)12-18(17)27-3/h4-9,12-13H,10-11H2,1-3H3,(H,23,24). The van der Waals surface area contributed by atoms with Gasteiger partial charge in [-0.3, -0.25) is 4.79 Å². The SMILES string of the molecule is COc1ccc(NC(=O)CCc2ncc(-c3ccc(OC)cc3OC)o2)cc1. The van der Waals surface area contributed by atoms with Gasteiger partial charge in [-0.25, -0.2) is 4.98 Å². The summed E-state index contributed by atoms with van der Waals surface area (Å²) in [5.41, 5.74) is 1.48. The normalized spacial score (nSPS) is 10.4. The molecule has 0 atom stereocenters. The van der Waals surface area contributed by atoms with E-state index in [9.17, 15) is 4.79 Å². The van der Waals surface area contributed by atoms with Gasteiger partial charge in [0.1, 0.15) is 17.2 Å². The van der Waals surface area contributed by atoms with Crippen molar-refractivity contribution < 1.29 is 23.4 Å². The fourth-order valence-corrected chi connectivity index (χ4v) is 2.67. The number of anilines is 1. The van der Waals surface area contributed by atoms with Crippen LogP contribution in [-0.4, -0.2) is 32.2 Å². The molecule has 2 aromatic carbocycles. The fraction of sp³-hybridized carbons (Fsp3) is 0.238. The van der Waals surface area contributed by atoms with E-state index in [0.29, 0.717) is 35.3 Å². The van der Waals surface area contributed by atoms with Crippen molar-refractivity contribution >= 4 is 11.6 Å². The number of nitrogens with zero attached hydrogens (tertiary/aromatic N) is 1. The molecular formula is C21H22N2O5. The molecule has 1 amide bonds. The third-order valence-electron chi connectivity index (χ3n) is 4.17. The number of ether oxygens (including phenoxy) is 3. The molecule has 3 aromatic rings. The Morgan fingerprint density at radius 3 is 2.39 bits per heavy atom. The Morgan fingerprint density at radius 2 is 1.71 bits per heavy atom. The van der Waals surface area contributed by atoms with Crippen LogP contribution in [0.5, 0.6) is 17.2 Å². The molecule has 0 unspecified atom stereocenters. The minimum absolute atomic E-state index is 0.119. The summed E-state index contributed by atoms with van der Waals surface area (Å²) in [5, 5.41) is 2.84. The molecule has 0 aliphatic carbocycles. The van der Waals surface area contributed by atoms with Crippen LogP contribution in [0.4, 0.5) is 5.69 Å². The van der Waals surface area contributed by atoms with Crippen LogP contribution in [0.15, 0.2) is 53.1 Å². The van der Waals surface area contributed by atoms with Crippen LogP contribution in [0.2, 0.25) is 0 Å². The van der Waals surface area contributed by atoms with Crippen molar-refractivity contribution in [1.82, 2.24) is 4.98 Å². The summed E-state index contributed by atoms with van der Waals surface area (Å²) in [4.78, 5) is 16.4. The lowest BCUT2D eigenvalue weighted by Crippen LogP contribution is -2.12. The molecule has 0 radical (unpaired) electrons. The van der Waals surface area contributed by atoms with Crippen LogP contribution in [0.1, 0.15) is 12.3 Å². The van der Waals surface area contributed by atoms with E-state index in [2.05, 4.69) is 10.3 Å². The number of carbonyl (C=O) groups is 1. The number of aromatic nitrogens is 1. The molecule has 0 bridgehead atoms. The molecule has 7 heteroatoms. The quantitative estimate of drug-likeness (QED) is 0.635. The Bertz CT molecular complexity index is 934. The summed E-state index contributed by atoms with van der Waals surface area (Å²) < 4.78 is 21.5. The summed E-state index contributed by atoms with van der Waals surface area (Å²) >= 11 is 0. The van der Waals surface area contributed by atoms with E-state index in [4.69, 9.17) is 18.6 Å². The minimum atomic E-state index is -0.119. The second kappa shape index (κ2) is 8.94. The number of amides is 1. The zero-order valence-corrected chi connectivity index (χ0v) is 16.0. The zero-order valence-electron chi connectivity index (χ0n) is 16.0. The third-order valence-corrected chi connectivity index (χ3v) is 4.17. The first-order valence-electron chi connectivity index (χ1n) is 8.74. The van der Waals surface area contributed by atoms with Gasteiger partial charge in [0.2, 0.25) is 5.91 Å². The van der Waals surface area contributed by atoms with Crippen LogP contribution in [0.3, 0.4) is 0 Å². The number of benzene rings is 2. The number of methoxy groups -OCH3 is 3. The Morgan fingerprint density at radius 1 is 1.00 bits per heavy atom. The van der Waals surface area contributed by atoms with Gasteiger partial charge >= 0.3 is 0 Å². The fourth-order valence-electron chi connectivity index (χ4n) is 2.67. The maximum absolute atomic E-state index is 12.1. The summed E-state index contributed by atoms with van der Waals surface area (Å²) in [5.74, 6) is 2.99. The molecule has 7 nitrogen and oxygen atoms in total. The Hall–Kier alpha value is -3.48. The maximum Gasteiger partial charge on any atom is 0.224 e. The molecule has 3 rings (SSSR count). The summed E-state index contributed by atoms with van der Waals surface area (Å²) in [6.45, 7) is 0. The third kappa shape index (κ3) is 4.62. The number of hydrogen-bond acceptors (Lipinski definition) is 6. The molecule has 0 aliphatic rings. The van der Waals surface area contributed by atoms with Crippen molar-refractivity contribution in [3.05, 3.63) is 54.6 Å². The van der Waals surface area contributed by atoms with Gasteiger partial charge in [0.25, 0.3) is 0 Å². The van der Waals surface area contributed by atoms with Crippen LogP contribution in [0, 0.1) is 0 Å². The van der Waals surface area contributed by atoms with E-state index in [0.717, 1.165) is 11.3 Å². The molecule has 0 saturated heterocycles. The van der Waals surface area contributed by atoms with Crippen molar-refractivity contribution in [1.29, 1.82) is 0 Å². The lowest BCUT2D eigenvalue weighted by atomic mass is 10.1.